The van der Waals surface area contributed by atoms with Crippen molar-refractivity contribution >= 4 is 19.9 Å². The van der Waals surface area contributed by atoms with E-state index in [0.717, 1.165) is 49.9 Å². The van der Waals surface area contributed by atoms with Crippen LogP contribution in [0.25, 0.3) is 11.1 Å². The lowest BCUT2D eigenvalue weighted by Crippen LogP contribution is -2.46. The molecule has 2 aliphatic heterocycles. The molecular formula is C39H52N2O8S2. The zero-order valence-electron chi connectivity index (χ0n) is 29.5. The predicted octanol–water partition coefficient (Wildman–Crippen LogP) is 5.32. The average molecular weight is 741 g/mol. The Hall–Kier alpha value is -2.84. The molecule has 0 aromatic heterocycles. The number of sulfone groups is 1. The van der Waals surface area contributed by atoms with Crippen LogP contribution in [0.1, 0.15) is 70.3 Å². The molecule has 278 valence electrons. The second-order valence-corrected chi connectivity index (χ2v) is 18.9. The van der Waals surface area contributed by atoms with Crippen molar-refractivity contribution < 1.29 is 36.5 Å². The van der Waals surface area contributed by atoms with Crippen LogP contribution in [0.4, 0.5) is 0 Å². The molecule has 2 atom stereocenters. The first kappa shape index (κ1) is 37.9. The number of aliphatic hydroxyl groups is 2. The van der Waals surface area contributed by atoms with Crippen LogP contribution in [0, 0.1) is 5.92 Å². The molecule has 3 N–H and O–H groups in total. The first-order valence-electron chi connectivity index (χ1n) is 18.3. The van der Waals surface area contributed by atoms with E-state index in [1.165, 1.54) is 17.7 Å². The van der Waals surface area contributed by atoms with E-state index in [0.29, 0.717) is 62.4 Å². The normalized spacial score (nSPS) is 20.7. The summed E-state index contributed by atoms with van der Waals surface area (Å²) >= 11 is 0. The number of ether oxygens (including phenoxy) is 2. The monoisotopic (exact) mass is 740 g/mol. The number of nitrogens with zero attached hydrogens (tertiary/aromatic N) is 1. The summed E-state index contributed by atoms with van der Waals surface area (Å²) in [5.74, 6) is 0.611. The van der Waals surface area contributed by atoms with Gasteiger partial charge in [0.2, 0.25) is 10.0 Å². The predicted molar refractivity (Wildman–Crippen MR) is 197 cm³/mol. The van der Waals surface area contributed by atoms with Crippen molar-refractivity contribution in [1.29, 1.82) is 0 Å². The number of hydrogen-bond acceptors (Lipinski definition) is 9. The highest BCUT2D eigenvalue weighted by Gasteiger charge is 2.54. The minimum absolute atomic E-state index is 0.0310. The zero-order chi connectivity index (χ0) is 36.1. The van der Waals surface area contributed by atoms with E-state index < -0.39 is 37.3 Å². The number of rotatable bonds is 17. The molecule has 51 heavy (non-hydrogen) atoms. The Labute approximate surface area is 303 Å². The Morgan fingerprint density at radius 3 is 2.37 bits per heavy atom. The van der Waals surface area contributed by atoms with Gasteiger partial charge >= 0.3 is 0 Å². The molecule has 0 radical (unpaired) electrons. The first-order chi connectivity index (χ1) is 24.5. The van der Waals surface area contributed by atoms with Crippen LogP contribution in [0.5, 0.6) is 5.75 Å². The molecule has 3 aromatic rings. The van der Waals surface area contributed by atoms with Gasteiger partial charge in [-0.15, -0.1) is 0 Å². The summed E-state index contributed by atoms with van der Waals surface area (Å²) in [5.41, 5.74) is 2.69. The van der Waals surface area contributed by atoms with Crippen molar-refractivity contribution in [2.24, 2.45) is 5.92 Å². The van der Waals surface area contributed by atoms with Gasteiger partial charge in [-0.25, -0.2) is 16.8 Å². The van der Waals surface area contributed by atoms with Crippen LogP contribution in [-0.4, -0.2) is 87.3 Å². The lowest BCUT2D eigenvalue weighted by molar-refractivity contribution is -0.0314. The fourth-order valence-corrected chi connectivity index (χ4v) is 10.6. The number of aliphatic hydroxyl groups excluding tert-OH is 2. The van der Waals surface area contributed by atoms with Gasteiger partial charge in [0.25, 0.3) is 0 Å². The standard InChI is InChI=1S/C39H52N2O8S2/c1-2-3-20-40-26-30-10-13-32(14-11-30)33-6-4-9-37(23-33)51(46,47)41-21-18-38(19-22-41)25-31(27-49-38)12-15-34(43)28-48-35-7-5-8-36(24-35)50(44,45)39(29-42)16-17-39/h4-11,13-14,23-24,31,34,40,42-43H,2-3,12,15-22,25-29H2,1H3/t31-,34-/m0/s1. The second kappa shape index (κ2) is 16.0. The van der Waals surface area contributed by atoms with Gasteiger partial charge < -0.3 is 25.0 Å². The van der Waals surface area contributed by atoms with E-state index >= 15 is 0 Å². The van der Waals surface area contributed by atoms with Crippen LogP contribution in [0.3, 0.4) is 0 Å². The zero-order valence-corrected chi connectivity index (χ0v) is 31.1. The van der Waals surface area contributed by atoms with Gasteiger partial charge in [0.1, 0.15) is 12.4 Å². The fraction of sp³-hybridized carbons (Fsp3) is 0.538. The van der Waals surface area contributed by atoms with Crippen molar-refractivity contribution in [3.63, 3.8) is 0 Å². The SMILES string of the molecule is CCCCNCc1ccc(-c2cccc(S(=O)(=O)N3CCC4(CC3)C[C@H](CC[C@H](O)COc3cccc(S(=O)(=O)C5(CO)CC5)c3)CO4)c2)cc1. The largest absolute Gasteiger partial charge is 0.491 e. The van der Waals surface area contributed by atoms with Crippen LogP contribution >= 0.6 is 0 Å². The lowest BCUT2D eigenvalue weighted by atomic mass is 9.84. The lowest BCUT2D eigenvalue weighted by Gasteiger charge is -2.38. The summed E-state index contributed by atoms with van der Waals surface area (Å²) in [6.07, 6.45) is 5.78. The van der Waals surface area contributed by atoms with Gasteiger partial charge in [0, 0.05) is 19.6 Å². The summed E-state index contributed by atoms with van der Waals surface area (Å²) in [7, 11) is -7.33. The minimum Gasteiger partial charge on any atom is -0.491 e. The topological polar surface area (TPSA) is 142 Å². The molecule has 10 nitrogen and oxygen atoms in total. The molecule has 2 heterocycles. The second-order valence-electron chi connectivity index (χ2n) is 14.6. The Balaban J connectivity index is 0.960. The number of benzene rings is 3. The van der Waals surface area contributed by atoms with Gasteiger partial charge in [0.15, 0.2) is 9.84 Å². The van der Waals surface area contributed by atoms with Crippen LogP contribution < -0.4 is 10.1 Å². The number of piperidine rings is 1. The number of nitrogens with one attached hydrogen (secondary N) is 1. The molecule has 1 saturated carbocycles. The Morgan fingerprint density at radius 2 is 1.67 bits per heavy atom. The third kappa shape index (κ3) is 8.70. The maximum absolute atomic E-state index is 13.7. The van der Waals surface area contributed by atoms with Crippen molar-refractivity contribution in [3.8, 4) is 16.9 Å². The van der Waals surface area contributed by atoms with E-state index in [2.05, 4.69) is 24.4 Å². The summed E-state index contributed by atoms with van der Waals surface area (Å²) in [6.45, 7) is 4.97. The highest BCUT2D eigenvalue weighted by Crippen LogP contribution is 2.46. The fourth-order valence-electron chi connectivity index (χ4n) is 7.28. The van der Waals surface area contributed by atoms with Crippen LogP contribution in [-0.2, 0) is 31.1 Å². The van der Waals surface area contributed by atoms with Crippen molar-refractivity contribution in [2.45, 2.75) is 97.5 Å². The van der Waals surface area contributed by atoms with Crippen molar-refractivity contribution in [2.75, 3.05) is 39.5 Å². The van der Waals surface area contributed by atoms with Crippen molar-refractivity contribution in [3.05, 3.63) is 78.4 Å². The molecule has 3 aromatic carbocycles. The highest BCUT2D eigenvalue weighted by atomic mass is 32.2. The maximum Gasteiger partial charge on any atom is 0.243 e. The molecule has 3 aliphatic rings. The molecule has 3 fully saturated rings. The summed E-state index contributed by atoms with van der Waals surface area (Å²) in [6, 6.07) is 21.7. The third-order valence-corrected chi connectivity index (χ3v) is 15.3. The van der Waals surface area contributed by atoms with Crippen molar-refractivity contribution in [1.82, 2.24) is 9.62 Å². The highest BCUT2D eigenvalue weighted by molar-refractivity contribution is 7.93. The first-order valence-corrected chi connectivity index (χ1v) is 21.2. The van der Waals surface area contributed by atoms with Gasteiger partial charge in [-0.2, -0.15) is 4.31 Å². The average Bonchev–Trinajstić information content (AvgIpc) is 3.88. The molecule has 0 bridgehead atoms. The Kier molecular flexibility index (Phi) is 11.9. The van der Waals surface area contributed by atoms with E-state index in [-0.39, 0.29) is 23.0 Å². The van der Waals surface area contributed by atoms with E-state index in [4.69, 9.17) is 9.47 Å². The van der Waals surface area contributed by atoms with E-state index in [1.807, 2.05) is 24.3 Å². The van der Waals surface area contributed by atoms with Gasteiger partial charge in [-0.05, 0) is 111 Å². The smallest absolute Gasteiger partial charge is 0.243 e. The molecule has 6 rings (SSSR count). The Morgan fingerprint density at radius 1 is 0.941 bits per heavy atom. The summed E-state index contributed by atoms with van der Waals surface area (Å²) in [5, 5.41) is 23.7. The number of unbranched alkanes of at least 4 members (excludes halogenated alkanes) is 1. The molecule has 1 aliphatic carbocycles. The molecule has 2 saturated heterocycles. The molecule has 0 amide bonds. The maximum atomic E-state index is 13.7. The Bertz CT molecular complexity index is 1840. The third-order valence-electron chi connectivity index (χ3n) is 10.8. The molecule has 12 heteroatoms. The van der Waals surface area contributed by atoms with Crippen LogP contribution in [0.2, 0.25) is 0 Å². The summed E-state index contributed by atoms with van der Waals surface area (Å²) < 4.78 is 65.9. The van der Waals surface area contributed by atoms with Crippen LogP contribution in [0.15, 0.2) is 82.6 Å². The van der Waals surface area contributed by atoms with Gasteiger partial charge in [-0.1, -0.05) is 55.8 Å². The number of sulfonamides is 1. The number of hydrogen-bond donors (Lipinski definition) is 3. The van der Waals surface area contributed by atoms with Gasteiger partial charge in [0.05, 0.1) is 39.5 Å². The molecule has 1 spiro atoms. The molecular weight excluding hydrogens is 689 g/mol. The summed E-state index contributed by atoms with van der Waals surface area (Å²) in [4.78, 5) is 0.418. The van der Waals surface area contributed by atoms with E-state index in [9.17, 15) is 27.0 Å². The van der Waals surface area contributed by atoms with E-state index in [1.54, 1.807) is 28.6 Å². The quantitative estimate of drug-likeness (QED) is 0.157. The minimum atomic E-state index is -3.67. The molecule has 0 unspecified atom stereocenters. The van der Waals surface area contributed by atoms with Gasteiger partial charge in [-0.3, -0.25) is 0 Å².